The molecular formula is C54H46N14O14. The summed E-state index contributed by atoms with van der Waals surface area (Å²) in [4.78, 5) is 133. The van der Waals surface area contributed by atoms with Crippen LogP contribution >= 0.6 is 0 Å². The van der Waals surface area contributed by atoms with Gasteiger partial charge < -0.3 is 40.3 Å². The third-order valence-electron chi connectivity index (χ3n) is 14.8. The van der Waals surface area contributed by atoms with Gasteiger partial charge in [0.25, 0.3) is 35.2 Å². The molecule has 28 nitrogen and oxygen atoms in total. The van der Waals surface area contributed by atoms with E-state index in [1.165, 1.54) is 33.4 Å². The number of amides is 4. The van der Waals surface area contributed by atoms with Gasteiger partial charge in [0.15, 0.2) is 11.2 Å². The van der Waals surface area contributed by atoms with Gasteiger partial charge in [-0.2, -0.15) is 0 Å². The molecule has 0 bridgehead atoms. The minimum atomic E-state index is -1.02. The number of fused-ring (bicyclic) bond motifs is 6. The van der Waals surface area contributed by atoms with Crippen molar-refractivity contribution in [1.29, 1.82) is 0 Å². The van der Waals surface area contributed by atoms with Crippen molar-refractivity contribution < 1.29 is 47.8 Å². The van der Waals surface area contributed by atoms with Crippen molar-refractivity contribution in [3.8, 4) is 0 Å². The number of carbonyl (C=O) groups is 6. The van der Waals surface area contributed by atoms with Crippen molar-refractivity contribution in [3.05, 3.63) is 193 Å². The standard InChI is InChI=1S/2C27H23N7O7/c1-12-14-6-7-17(16(14)5-4-15(12)24(37)38)29-22(35)18-10-20(34-25(30-18)31-32-26(34)39)23(36)28-11-13-3-8-21-19(9-13)33(2)27(40)41-21;1-12-14-6-7-17(16(14)5-4-15(12)24(37)38)29-23(36)20-10-18(30-25-31-32-26(39)34(20)25)22(35)28-11-13-3-8-21-19(9-13)33(2)27(40)41-21/h3-5,8-10,17H,6-7,11H2,1-2H3,(H,28,36)(H,29,35)(H,32,39)(H,37,38);3-5,8-10,17H,6-7,11H2,1-2H3,(H,28,35)(H,29,36)(H,32,39)(H,37,38)/t2*17-/m00/s1. The van der Waals surface area contributed by atoms with Crippen molar-refractivity contribution in [2.24, 2.45) is 14.1 Å². The predicted octanol–water partition coefficient (Wildman–Crippen LogP) is 2.43. The second-order valence-electron chi connectivity index (χ2n) is 19.6. The van der Waals surface area contributed by atoms with Gasteiger partial charge >= 0.3 is 34.8 Å². The highest BCUT2D eigenvalue weighted by Crippen LogP contribution is 2.36. The third kappa shape index (κ3) is 9.51. The summed E-state index contributed by atoms with van der Waals surface area (Å²) in [6.07, 6.45) is 2.28. The number of carboxylic acids is 2. The van der Waals surface area contributed by atoms with Crippen LogP contribution < -0.4 is 44.2 Å². The third-order valence-corrected chi connectivity index (χ3v) is 14.8. The van der Waals surface area contributed by atoms with Crippen molar-refractivity contribution >= 4 is 69.3 Å². The zero-order valence-electron chi connectivity index (χ0n) is 43.7. The second-order valence-corrected chi connectivity index (χ2v) is 19.6. The first-order chi connectivity index (χ1) is 39.2. The molecule has 82 heavy (non-hydrogen) atoms. The maximum Gasteiger partial charge on any atom is 0.419 e. The highest BCUT2D eigenvalue weighted by atomic mass is 16.4. The molecule has 4 amide bonds. The Balaban J connectivity index is 0.000000172. The Morgan fingerprint density at radius 1 is 0.573 bits per heavy atom. The summed E-state index contributed by atoms with van der Waals surface area (Å²) < 4.78 is 14.9. The van der Waals surface area contributed by atoms with Gasteiger partial charge in [-0.1, -0.05) is 24.3 Å². The Morgan fingerprint density at radius 2 is 1.00 bits per heavy atom. The number of carboxylic acid groups (broad SMARTS) is 2. The monoisotopic (exact) mass is 1110 g/mol. The Hall–Kier alpha value is -11.1. The van der Waals surface area contributed by atoms with E-state index in [2.05, 4.69) is 51.6 Å². The van der Waals surface area contributed by atoms with Gasteiger partial charge in [-0.05, 0) is 133 Å². The fraction of sp³-hybridized carbons (Fsp3) is 0.222. The highest BCUT2D eigenvalue weighted by molar-refractivity contribution is 6.00. The molecule has 0 aliphatic heterocycles. The zero-order chi connectivity index (χ0) is 58.0. The molecule has 6 heterocycles. The number of aromatic nitrogens is 10. The molecule has 8 N–H and O–H groups in total. The number of benzene rings is 4. The summed E-state index contributed by atoms with van der Waals surface area (Å²) in [6.45, 7) is 3.63. The van der Waals surface area contributed by atoms with Crippen LogP contribution in [0.15, 0.2) is 101 Å². The molecule has 12 rings (SSSR count). The van der Waals surface area contributed by atoms with E-state index in [-0.39, 0.29) is 64.6 Å². The fourth-order valence-electron chi connectivity index (χ4n) is 10.5. The average molecular weight is 1120 g/mol. The molecule has 28 heteroatoms. The second kappa shape index (κ2) is 20.6. The Kier molecular flexibility index (Phi) is 13.3. The molecule has 4 aromatic carbocycles. The smallest absolute Gasteiger partial charge is 0.419 e. The number of nitrogens with one attached hydrogen (secondary N) is 6. The van der Waals surface area contributed by atoms with Crippen LogP contribution in [0, 0.1) is 13.8 Å². The minimum absolute atomic E-state index is 0.0582. The fourth-order valence-corrected chi connectivity index (χ4v) is 10.5. The molecule has 0 spiro atoms. The first-order valence-electron chi connectivity index (χ1n) is 25.3. The number of aromatic carboxylic acids is 2. The van der Waals surface area contributed by atoms with Gasteiger partial charge in [0.05, 0.1) is 34.2 Å². The average Bonchev–Trinajstić information content (AvgIpc) is 3.86. The largest absolute Gasteiger partial charge is 0.478 e. The molecule has 10 aromatic rings. The van der Waals surface area contributed by atoms with Crippen molar-refractivity contribution in [2.75, 3.05) is 0 Å². The number of oxazole rings is 2. The Labute approximate surface area is 457 Å². The van der Waals surface area contributed by atoms with Crippen LogP contribution in [-0.2, 0) is 40.0 Å². The number of aryl methyl sites for hydroxylation is 2. The maximum atomic E-state index is 13.4. The topological polar surface area (TPSA) is 387 Å². The molecule has 0 fully saturated rings. The van der Waals surface area contributed by atoms with E-state index < -0.39 is 64.5 Å². The number of nitrogens with zero attached hydrogens (tertiary/aromatic N) is 8. The summed E-state index contributed by atoms with van der Waals surface area (Å²) in [5, 5.41) is 42.2. The maximum absolute atomic E-state index is 13.4. The van der Waals surface area contributed by atoms with Gasteiger partial charge in [-0.25, -0.2) is 57.7 Å². The summed E-state index contributed by atoms with van der Waals surface area (Å²) in [5.41, 5.74) is 6.49. The van der Waals surface area contributed by atoms with E-state index in [0.29, 0.717) is 70.1 Å². The molecule has 0 unspecified atom stereocenters. The van der Waals surface area contributed by atoms with E-state index in [1.807, 2.05) is 0 Å². The SMILES string of the molecule is Cc1c(C(=O)O)ccc2c1CC[C@@H]2NC(=O)c1cc(C(=O)NCc2ccc3oc(=O)n(C)c3c2)n2c(=O)[nH]nc2n1.Cc1c(C(=O)O)ccc2c1CC[C@@H]2NC(=O)c1cc(C(=O)NCc2ccc3oc(=O)n(C)c3c2)nc2n[nH]c(=O)n12. The summed E-state index contributed by atoms with van der Waals surface area (Å²) in [5.74, 6) is -5.82. The molecule has 0 radical (unpaired) electrons. The van der Waals surface area contributed by atoms with Crippen LogP contribution in [0.25, 0.3) is 33.8 Å². The van der Waals surface area contributed by atoms with Crippen LogP contribution in [0.4, 0.5) is 0 Å². The number of hydrogen-bond acceptors (Lipinski definition) is 16. The van der Waals surface area contributed by atoms with Crippen LogP contribution in [-0.4, -0.2) is 94.1 Å². The molecule has 6 aromatic heterocycles. The number of rotatable bonds is 12. The Morgan fingerprint density at radius 3 is 1.46 bits per heavy atom. The predicted molar refractivity (Wildman–Crippen MR) is 286 cm³/mol. The lowest BCUT2D eigenvalue weighted by Gasteiger charge is -2.16. The minimum Gasteiger partial charge on any atom is -0.478 e. The van der Waals surface area contributed by atoms with Crippen LogP contribution in [0.3, 0.4) is 0 Å². The first-order valence-corrected chi connectivity index (χ1v) is 25.3. The van der Waals surface area contributed by atoms with Gasteiger partial charge in [-0.15, -0.1) is 10.2 Å². The quantitative estimate of drug-likeness (QED) is 0.0871. The van der Waals surface area contributed by atoms with Crippen LogP contribution in [0.1, 0.15) is 132 Å². The van der Waals surface area contributed by atoms with Gasteiger partial charge in [0.1, 0.15) is 22.8 Å². The lowest BCUT2D eigenvalue weighted by Crippen LogP contribution is -2.32. The molecular weight excluding hydrogens is 1070 g/mol. The van der Waals surface area contributed by atoms with E-state index in [4.69, 9.17) is 8.83 Å². The van der Waals surface area contributed by atoms with Crippen LogP contribution in [0.2, 0.25) is 0 Å². The van der Waals surface area contributed by atoms with Crippen molar-refractivity contribution in [3.63, 3.8) is 0 Å². The zero-order valence-corrected chi connectivity index (χ0v) is 43.7. The van der Waals surface area contributed by atoms with E-state index in [1.54, 1.807) is 76.5 Å². The van der Waals surface area contributed by atoms with Gasteiger partial charge in [0.2, 0.25) is 0 Å². The summed E-state index contributed by atoms with van der Waals surface area (Å²) in [7, 11) is 3.15. The number of hydrogen-bond donors (Lipinski definition) is 8. The number of H-pyrrole nitrogens is 2. The van der Waals surface area contributed by atoms with E-state index in [9.17, 15) is 58.2 Å². The van der Waals surface area contributed by atoms with E-state index in [0.717, 1.165) is 31.1 Å². The summed E-state index contributed by atoms with van der Waals surface area (Å²) in [6, 6.07) is 18.1. The Bertz CT molecular complexity index is 4650. The molecule has 0 saturated carbocycles. The molecule has 2 aliphatic rings. The molecule has 2 atom stereocenters. The summed E-state index contributed by atoms with van der Waals surface area (Å²) >= 11 is 0. The van der Waals surface area contributed by atoms with Gasteiger partial charge in [0, 0.05) is 27.2 Å². The molecule has 2 aliphatic carbocycles. The van der Waals surface area contributed by atoms with E-state index >= 15 is 0 Å². The molecule has 416 valence electrons. The lowest BCUT2D eigenvalue weighted by molar-refractivity contribution is 0.0685. The van der Waals surface area contributed by atoms with Crippen LogP contribution in [0.5, 0.6) is 0 Å². The first kappa shape index (κ1) is 53.0. The lowest BCUT2D eigenvalue weighted by atomic mass is 9.98. The highest BCUT2D eigenvalue weighted by Gasteiger charge is 2.31. The van der Waals surface area contributed by atoms with Gasteiger partial charge in [-0.3, -0.25) is 28.3 Å². The molecule has 0 saturated heterocycles. The number of carbonyl (C=O) groups excluding carboxylic acids is 4. The normalized spacial score (nSPS) is 14.3. The van der Waals surface area contributed by atoms with Crippen molar-refractivity contribution in [1.82, 2.24) is 69.6 Å². The number of aromatic amines is 2. The van der Waals surface area contributed by atoms with Crippen molar-refractivity contribution in [2.45, 2.75) is 64.7 Å².